The second-order valence-electron chi connectivity index (χ2n) is 4.24. The second kappa shape index (κ2) is 8.60. The molecule has 5 nitrogen and oxygen atoms in total. The molecule has 1 aromatic carbocycles. The Morgan fingerprint density at radius 2 is 2.18 bits per heavy atom. The van der Waals surface area contributed by atoms with Crippen molar-refractivity contribution in [3.8, 4) is 11.8 Å². The Balaban J connectivity index is 1.64. The van der Waals surface area contributed by atoms with E-state index in [1.165, 1.54) is 11.3 Å². The summed E-state index contributed by atoms with van der Waals surface area (Å²) < 4.78 is 5.06. The highest BCUT2D eigenvalue weighted by Gasteiger charge is 2.01. The van der Waals surface area contributed by atoms with E-state index in [-0.39, 0.29) is 6.61 Å². The summed E-state index contributed by atoms with van der Waals surface area (Å²) in [4.78, 5) is 25.9. The van der Waals surface area contributed by atoms with Crippen LogP contribution in [0.15, 0.2) is 35.7 Å². The van der Waals surface area contributed by atoms with Gasteiger partial charge < -0.3 is 10.1 Å². The molecule has 0 aliphatic rings. The van der Waals surface area contributed by atoms with Crippen LogP contribution in [0, 0.1) is 11.8 Å². The van der Waals surface area contributed by atoms with Gasteiger partial charge in [0.1, 0.15) is 12.3 Å². The van der Waals surface area contributed by atoms with Crippen molar-refractivity contribution in [3.63, 3.8) is 0 Å². The van der Waals surface area contributed by atoms with Crippen LogP contribution in [-0.2, 0) is 11.3 Å². The molecule has 0 atom stereocenters. The van der Waals surface area contributed by atoms with Gasteiger partial charge in [0.15, 0.2) is 11.3 Å². The minimum atomic E-state index is -0.469. The third-order valence-electron chi connectivity index (χ3n) is 2.57. The van der Waals surface area contributed by atoms with Crippen molar-refractivity contribution >= 4 is 23.7 Å². The number of hydrogen-bond acceptors (Lipinski definition) is 5. The predicted molar refractivity (Wildman–Crippen MR) is 83.6 cm³/mol. The fourth-order valence-corrected chi connectivity index (χ4v) is 2.17. The first kappa shape index (κ1) is 15.7. The first-order chi connectivity index (χ1) is 10.8. The van der Waals surface area contributed by atoms with E-state index in [0.717, 1.165) is 5.56 Å². The lowest BCUT2D eigenvalue weighted by Crippen LogP contribution is -2.24. The van der Waals surface area contributed by atoms with E-state index < -0.39 is 6.09 Å². The van der Waals surface area contributed by atoms with Gasteiger partial charge in [-0.1, -0.05) is 36.3 Å². The molecule has 1 aromatic heterocycles. The lowest BCUT2D eigenvalue weighted by atomic mass is 10.2. The molecule has 1 N–H and O–H groups in total. The van der Waals surface area contributed by atoms with Gasteiger partial charge in [0.05, 0.1) is 0 Å². The van der Waals surface area contributed by atoms with Crippen LogP contribution in [0.5, 0.6) is 0 Å². The van der Waals surface area contributed by atoms with Crippen molar-refractivity contribution in [2.45, 2.75) is 13.0 Å². The zero-order valence-corrected chi connectivity index (χ0v) is 12.6. The second-order valence-corrected chi connectivity index (χ2v) is 5.09. The number of hydrogen-bond donors (Lipinski definition) is 1. The first-order valence-corrected chi connectivity index (χ1v) is 7.50. The van der Waals surface area contributed by atoms with Crippen LogP contribution in [0.2, 0.25) is 0 Å². The van der Waals surface area contributed by atoms with Crippen LogP contribution < -0.4 is 5.32 Å². The van der Waals surface area contributed by atoms with Gasteiger partial charge in [-0.15, -0.1) is 11.3 Å². The van der Waals surface area contributed by atoms with Crippen molar-refractivity contribution in [2.75, 3.05) is 6.54 Å². The molecule has 0 aliphatic carbocycles. The molecule has 1 amide bonds. The number of carbonyl (C=O) groups excluding carboxylic acids is 2. The largest absolute Gasteiger partial charge is 0.445 e. The number of carbonyl (C=O) groups is 2. The van der Waals surface area contributed by atoms with Crippen molar-refractivity contribution in [3.05, 3.63) is 52.0 Å². The van der Waals surface area contributed by atoms with Gasteiger partial charge in [-0.3, -0.25) is 4.79 Å². The molecule has 112 valence electrons. The van der Waals surface area contributed by atoms with E-state index in [0.29, 0.717) is 30.0 Å². The molecule has 0 bridgehead atoms. The van der Waals surface area contributed by atoms with Crippen molar-refractivity contribution in [1.82, 2.24) is 10.3 Å². The Kier molecular flexibility index (Phi) is 6.15. The number of rotatable bonds is 5. The number of aldehydes is 1. The van der Waals surface area contributed by atoms with Gasteiger partial charge in [0, 0.05) is 18.3 Å². The van der Waals surface area contributed by atoms with Gasteiger partial charge in [0.2, 0.25) is 0 Å². The zero-order chi connectivity index (χ0) is 15.6. The average molecular weight is 314 g/mol. The summed E-state index contributed by atoms with van der Waals surface area (Å²) >= 11 is 1.32. The maximum absolute atomic E-state index is 11.5. The molecule has 2 aromatic rings. The Morgan fingerprint density at radius 1 is 1.36 bits per heavy atom. The van der Waals surface area contributed by atoms with Gasteiger partial charge >= 0.3 is 6.09 Å². The number of alkyl carbamates (subject to hydrolysis) is 1. The molecular weight excluding hydrogens is 300 g/mol. The standard InChI is InChI=1S/C16H14N2O3S/c19-10-14-12-22-15(18-14)8-4-5-9-17-16(20)21-11-13-6-2-1-3-7-13/h1-3,6-7,10,12H,5,9,11H2,(H,17,20). The van der Waals surface area contributed by atoms with Gasteiger partial charge in [0.25, 0.3) is 0 Å². The summed E-state index contributed by atoms with van der Waals surface area (Å²) in [7, 11) is 0. The third-order valence-corrected chi connectivity index (χ3v) is 3.35. The molecule has 2 rings (SSSR count). The monoisotopic (exact) mass is 314 g/mol. The molecule has 0 fully saturated rings. The summed E-state index contributed by atoms with van der Waals surface area (Å²) in [6, 6.07) is 9.46. The average Bonchev–Trinajstić information content (AvgIpc) is 3.01. The summed E-state index contributed by atoms with van der Waals surface area (Å²) in [5.41, 5.74) is 1.32. The zero-order valence-electron chi connectivity index (χ0n) is 11.7. The van der Waals surface area contributed by atoms with Gasteiger partial charge in [-0.05, 0) is 11.5 Å². The Hall–Kier alpha value is -2.65. The molecule has 22 heavy (non-hydrogen) atoms. The summed E-state index contributed by atoms with van der Waals surface area (Å²) in [6.07, 6.45) is 0.700. The minimum Gasteiger partial charge on any atom is -0.445 e. The molecule has 0 saturated carbocycles. The van der Waals surface area contributed by atoms with Crippen LogP contribution in [0.4, 0.5) is 4.79 Å². The quantitative estimate of drug-likeness (QED) is 0.523. The van der Waals surface area contributed by atoms with Crippen LogP contribution in [0.25, 0.3) is 0 Å². The van der Waals surface area contributed by atoms with E-state index in [2.05, 4.69) is 22.1 Å². The lowest BCUT2D eigenvalue weighted by Gasteiger charge is -2.05. The number of amides is 1. The Morgan fingerprint density at radius 3 is 2.91 bits per heavy atom. The lowest BCUT2D eigenvalue weighted by molar-refractivity contribution is 0.111. The highest BCUT2D eigenvalue weighted by atomic mass is 32.1. The van der Waals surface area contributed by atoms with E-state index >= 15 is 0 Å². The Bertz CT molecular complexity index is 686. The van der Waals surface area contributed by atoms with Crippen molar-refractivity contribution in [2.24, 2.45) is 0 Å². The molecule has 0 saturated heterocycles. The van der Waals surface area contributed by atoms with E-state index in [1.807, 2.05) is 30.3 Å². The maximum Gasteiger partial charge on any atom is 0.407 e. The number of ether oxygens (including phenoxy) is 1. The number of benzene rings is 1. The molecule has 1 heterocycles. The fraction of sp³-hybridized carbons (Fsp3) is 0.188. The SMILES string of the molecule is O=Cc1csc(C#CCCNC(=O)OCc2ccccc2)n1. The molecule has 0 radical (unpaired) electrons. The molecule has 0 aliphatic heterocycles. The van der Waals surface area contributed by atoms with Crippen LogP contribution >= 0.6 is 11.3 Å². The van der Waals surface area contributed by atoms with Crippen LogP contribution in [0.1, 0.15) is 27.5 Å². The summed E-state index contributed by atoms with van der Waals surface area (Å²) in [5, 5.41) is 4.86. The van der Waals surface area contributed by atoms with Crippen LogP contribution in [-0.4, -0.2) is 23.9 Å². The smallest absolute Gasteiger partial charge is 0.407 e. The summed E-state index contributed by atoms with van der Waals surface area (Å²) in [6.45, 7) is 0.637. The number of nitrogens with zero attached hydrogens (tertiary/aromatic N) is 1. The van der Waals surface area contributed by atoms with Gasteiger partial charge in [-0.25, -0.2) is 9.78 Å². The highest BCUT2D eigenvalue weighted by Crippen LogP contribution is 2.05. The third kappa shape index (κ3) is 5.38. The number of nitrogens with one attached hydrogen (secondary N) is 1. The van der Waals surface area contributed by atoms with E-state index in [1.54, 1.807) is 5.38 Å². The van der Waals surface area contributed by atoms with E-state index in [4.69, 9.17) is 4.74 Å². The first-order valence-electron chi connectivity index (χ1n) is 6.62. The van der Waals surface area contributed by atoms with Crippen LogP contribution in [0.3, 0.4) is 0 Å². The predicted octanol–water partition coefficient (Wildman–Crippen LogP) is 2.62. The van der Waals surface area contributed by atoms with E-state index in [9.17, 15) is 9.59 Å². The summed E-state index contributed by atoms with van der Waals surface area (Å²) in [5.74, 6) is 5.72. The number of thiazole rings is 1. The van der Waals surface area contributed by atoms with Gasteiger partial charge in [-0.2, -0.15) is 0 Å². The topological polar surface area (TPSA) is 68.3 Å². The van der Waals surface area contributed by atoms with Crippen molar-refractivity contribution in [1.29, 1.82) is 0 Å². The molecular formula is C16H14N2O3S. The molecule has 0 spiro atoms. The minimum absolute atomic E-state index is 0.242. The molecule has 0 unspecified atom stereocenters. The normalized spacial score (nSPS) is 9.45. The number of aromatic nitrogens is 1. The highest BCUT2D eigenvalue weighted by molar-refractivity contribution is 7.10. The molecule has 6 heteroatoms. The Labute approximate surface area is 132 Å². The van der Waals surface area contributed by atoms with Crippen molar-refractivity contribution < 1.29 is 14.3 Å². The maximum atomic E-state index is 11.5. The fourth-order valence-electron chi connectivity index (χ4n) is 1.54.